The summed E-state index contributed by atoms with van der Waals surface area (Å²) in [7, 11) is 1.61. The molecule has 3 aromatic carbocycles. The molecule has 1 aliphatic rings. The van der Waals surface area contributed by atoms with Crippen molar-refractivity contribution in [1.82, 2.24) is 35.3 Å². The van der Waals surface area contributed by atoms with Crippen LogP contribution in [0, 0.1) is 11.3 Å². The number of hydrogen-bond donors (Lipinski definition) is 2. The van der Waals surface area contributed by atoms with Crippen molar-refractivity contribution in [3.8, 4) is 45.6 Å². The molecule has 6 aromatic rings. The fourth-order valence-electron chi connectivity index (χ4n) is 6.22. The standard InChI is InChI=1S/C36H32N8O2/c1-38-36(45)26-13-16-31(24-9-7-23(19-37)8-10-24)28(17-26)22-46-30-14-11-25(12-15-30)34-41-32-18-27(33-21-40-43-42-33)20-39-35(32)44(34)29-5-3-2-4-6-29/h7-18,20-21,29H,2-6,22H2,1H3,(H,38,45)(H,40,42,43). The number of pyridine rings is 1. The molecule has 0 atom stereocenters. The van der Waals surface area contributed by atoms with Gasteiger partial charge in [0.15, 0.2) is 5.65 Å². The number of rotatable bonds is 8. The van der Waals surface area contributed by atoms with E-state index in [-0.39, 0.29) is 12.5 Å². The van der Waals surface area contributed by atoms with Gasteiger partial charge in [0.25, 0.3) is 5.91 Å². The van der Waals surface area contributed by atoms with E-state index in [0.29, 0.717) is 22.9 Å². The molecule has 46 heavy (non-hydrogen) atoms. The highest BCUT2D eigenvalue weighted by Gasteiger charge is 2.24. The molecule has 0 bridgehead atoms. The molecule has 228 valence electrons. The minimum absolute atomic E-state index is 0.166. The van der Waals surface area contributed by atoms with Crippen molar-refractivity contribution in [2.45, 2.75) is 44.8 Å². The summed E-state index contributed by atoms with van der Waals surface area (Å²) in [6.07, 6.45) is 9.37. The van der Waals surface area contributed by atoms with Gasteiger partial charge in [-0.1, -0.05) is 37.5 Å². The lowest BCUT2D eigenvalue weighted by molar-refractivity contribution is 0.0963. The van der Waals surface area contributed by atoms with Gasteiger partial charge in [0, 0.05) is 36.0 Å². The van der Waals surface area contributed by atoms with Crippen LogP contribution in [-0.4, -0.2) is 42.9 Å². The molecule has 7 rings (SSSR count). The van der Waals surface area contributed by atoms with Gasteiger partial charge < -0.3 is 14.6 Å². The van der Waals surface area contributed by atoms with Gasteiger partial charge in [0.1, 0.15) is 29.4 Å². The Bertz CT molecular complexity index is 2040. The van der Waals surface area contributed by atoms with Crippen LogP contribution in [-0.2, 0) is 6.61 Å². The number of fused-ring (bicyclic) bond motifs is 1. The van der Waals surface area contributed by atoms with Gasteiger partial charge in [-0.15, -0.1) is 0 Å². The molecule has 0 radical (unpaired) electrons. The van der Waals surface area contributed by atoms with Crippen molar-refractivity contribution in [3.63, 3.8) is 0 Å². The van der Waals surface area contributed by atoms with E-state index in [4.69, 9.17) is 14.7 Å². The second kappa shape index (κ2) is 12.7. The zero-order valence-electron chi connectivity index (χ0n) is 25.4. The Labute approximate surface area is 266 Å². The Kier molecular flexibility index (Phi) is 7.96. The predicted molar refractivity (Wildman–Crippen MR) is 175 cm³/mol. The van der Waals surface area contributed by atoms with E-state index in [1.807, 2.05) is 60.8 Å². The first-order chi connectivity index (χ1) is 22.6. The molecular weight excluding hydrogens is 576 g/mol. The first-order valence-corrected chi connectivity index (χ1v) is 15.4. The fourth-order valence-corrected chi connectivity index (χ4v) is 6.22. The molecule has 2 N–H and O–H groups in total. The number of carbonyl (C=O) groups is 1. The van der Waals surface area contributed by atoms with Gasteiger partial charge in [0.2, 0.25) is 0 Å². The summed E-state index contributed by atoms with van der Waals surface area (Å²) >= 11 is 0. The first-order valence-electron chi connectivity index (χ1n) is 15.4. The van der Waals surface area contributed by atoms with Crippen LogP contribution in [0.15, 0.2) is 85.2 Å². The number of nitrogens with one attached hydrogen (secondary N) is 2. The molecule has 0 saturated heterocycles. The van der Waals surface area contributed by atoms with Crippen LogP contribution in [0.1, 0.15) is 59.6 Å². The summed E-state index contributed by atoms with van der Waals surface area (Å²) in [5.74, 6) is 1.42. The van der Waals surface area contributed by atoms with Gasteiger partial charge >= 0.3 is 0 Å². The number of aromatic nitrogens is 6. The quantitative estimate of drug-likeness (QED) is 0.193. The van der Waals surface area contributed by atoms with E-state index >= 15 is 0 Å². The highest BCUT2D eigenvalue weighted by atomic mass is 16.5. The number of ether oxygens (including phenoxy) is 1. The third-order valence-electron chi connectivity index (χ3n) is 8.61. The zero-order chi connectivity index (χ0) is 31.5. The van der Waals surface area contributed by atoms with E-state index in [2.05, 4.69) is 31.4 Å². The molecule has 10 heteroatoms. The monoisotopic (exact) mass is 608 g/mol. The highest BCUT2D eigenvalue weighted by Crippen LogP contribution is 2.36. The Morgan fingerprint density at radius 1 is 0.978 bits per heavy atom. The Morgan fingerprint density at radius 3 is 2.48 bits per heavy atom. The van der Waals surface area contributed by atoms with E-state index in [9.17, 15) is 10.1 Å². The van der Waals surface area contributed by atoms with Crippen molar-refractivity contribution in [1.29, 1.82) is 5.26 Å². The minimum Gasteiger partial charge on any atom is -0.489 e. The number of carbonyl (C=O) groups excluding carboxylic acids is 1. The lowest BCUT2D eigenvalue weighted by atomic mass is 9.95. The zero-order valence-corrected chi connectivity index (χ0v) is 25.4. The van der Waals surface area contributed by atoms with Gasteiger partial charge in [-0.25, -0.2) is 9.97 Å². The molecule has 1 amide bonds. The molecule has 1 aliphatic carbocycles. The van der Waals surface area contributed by atoms with Crippen molar-refractivity contribution in [2.24, 2.45) is 0 Å². The summed E-state index contributed by atoms with van der Waals surface area (Å²) in [4.78, 5) is 22.4. The Morgan fingerprint density at radius 2 is 1.76 bits per heavy atom. The number of aromatic amines is 1. The van der Waals surface area contributed by atoms with Crippen molar-refractivity contribution in [3.05, 3.63) is 102 Å². The topological polar surface area (TPSA) is 134 Å². The van der Waals surface area contributed by atoms with Crippen LogP contribution < -0.4 is 10.1 Å². The maximum atomic E-state index is 12.4. The van der Waals surface area contributed by atoms with E-state index in [1.165, 1.54) is 19.3 Å². The van der Waals surface area contributed by atoms with Crippen molar-refractivity contribution in [2.75, 3.05) is 7.05 Å². The van der Waals surface area contributed by atoms with Crippen LogP contribution in [0.4, 0.5) is 0 Å². The second-order valence-corrected chi connectivity index (χ2v) is 11.5. The van der Waals surface area contributed by atoms with Gasteiger partial charge in [-0.2, -0.15) is 20.7 Å². The van der Waals surface area contributed by atoms with Crippen LogP contribution in [0.5, 0.6) is 5.75 Å². The fraction of sp³-hybridized carbons (Fsp3) is 0.222. The maximum absolute atomic E-state index is 12.4. The molecule has 3 heterocycles. The van der Waals surface area contributed by atoms with E-state index in [1.54, 1.807) is 31.4 Å². The summed E-state index contributed by atoms with van der Waals surface area (Å²) in [5.41, 5.74) is 8.17. The lowest BCUT2D eigenvalue weighted by Gasteiger charge is -2.25. The number of H-pyrrole nitrogens is 1. The SMILES string of the molecule is CNC(=O)c1ccc(-c2ccc(C#N)cc2)c(COc2ccc(-c3nc4cc(-c5cn[nH]n5)cnc4n3C3CCCCC3)cc2)c1. The number of nitrogens with zero attached hydrogens (tertiary/aromatic N) is 6. The molecule has 0 unspecified atom stereocenters. The average molecular weight is 609 g/mol. The largest absolute Gasteiger partial charge is 0.489 e. The van der Waals surface area contributed by atoms with Gasteiger partial charge in [-0.3, -0.25) is 4.79 Å². The van der Waals surface area contributed by atoms with Crippen LogP contribution in [0.25, 0.3) is 44.9 Å². The van der Waals surface area contributed by atoms with Crippen LogP contribution in [0.2, 0.25) is 0 Å². The summed E-state index contributed by atoms with van der Waals surface area (Å²) < 4.78 is 8.59. The number of nitriles is 1. The first kappa shape index (κ1) is 28.9. The van der Waals surface area contributed by atoms with Gasteiger partial charge in [0.05, 0.1) is 17.8 Å². The number of hydrogen-bond acceptors (Lipinski definition) is 7. The molecule has 0 aliphatic heterocycles. The summed E-state index contributed by atoms with van der Waals surface area (Å²) in [6.45, 7) is 0.259. The van der Waals surface area contributed by atoms with E-state index < -0.39 is 0 Å². The Balaban J connectivity index is 1.18. The highest BCUT2D eigenvalue weighted by molar-refractivity contribution is 5.95. The number of imidazole rings is 1. The van der Waals surface area contributed by atoms with Crippen LogP contribution >= 0.6 is 0 Å². The maximum Gasteiger partial charge on any atom is 0.251 e. The van der Waals surface area contributed by atoms with Crippen LogP contribution in [0.3, 0.4) is 0 Å². The normalized spacial score (nSPS) is 13.4. The minimum atomic E-state index is -0.166. The predicted octanol–water partition coefficient (Wildman–Crippen LogP) is 6.87. The number of benzene rings is 3. The molecule has 1 saturated carbocycles. The molecule has 0 spiro atoms. The third kappa shape index (κ3) is 5.71. The second-order valence-electron chi connectivity index (χ2n) is 11.5. The lowest BCUT2D eigenvalue weighted by Crippen LogP contribution is -2.18. The Hall–Kier alpha value is -5.82. The van der Waals surface area contributed by atoms with E-state index in [0.717, 1.165) is 63.3 Å². The summed E-state index contributed by atoms with van der Waals surface area (Å²) in [6, 6.07) is 25.5. The third-order valence-corrected chi connectivity index (χ3v) is 8.61. The molecule has 10 nitrogen and oxygen atoms in total. The average Bonchev–Trinajstić information content (AvgIpc) is 3.80. The molecular formula is C36H32N8O2. The summed E-state index contributed by atoms with van der Waals surface area (Å²) in [5, 5.41) is 22.7. The molecule has 1 fully saturated rings. The van der Waals surface area contributed by atoms with Gasteiger partial charge in [-0.05, 0) is 84.1 Å². The smallest absolute Gasteiger partial charge is 0.251 e. The van der Waals surface area contributed by atoms with Crippen molar-refractivity contribution < 1.29 is 9.53 Å². The molecule has 3 aromatic heterocycles. The van der Waals surface area contributed by atoms with Crippen molar-refractivity contribution >= 4 is 17.1 Å². The number of amides is 1.